The first-order valence-electron chi connectivity index (χ1n) is 6.83. The van der Waals surface area contributed by atoms with Gasteiger partial charge in [-0.25, -0.2) is 0 Å². The van der Waals surface area contributed by atoms with Gasteiger partial charge < -0.3 is 19.7 Å². The van der Waals surface area contributed by atoms with E-state index in [1.54, 1.807) is 21.2 Å². The van der Waals surface area contributed by atoms with Gasteiger partial charge >= 0.3 is 0 Å². The maximum atomic E-state index is 11.6. The highest BCUT2D eigenvalue weighted by molar-refractivity contribution is 5.77. The summed E-state index contributed by atoms with van der Waals surface area (Å²) in [4.78, 5) is 13.1. The van der Waals surface area contributed by atoms with E-state index in [4.69, 9.17) is 9.47 Å². The first-order valence-corrected chi connectivity index (χ1v) is 6.83. The Kier molecular flexibility index (Phi) is 4.84. The largest absolute Gasteiger partial charge is 0.493 e. The van der Waals surface area contributed by atoms with Crippen LogP contribution in [0.4, 0.5) is 0 Å². The Morgan fingerprint density at radius 1 is 1.35 bits per heavy atom. The minimum absolute atomic E-state index is 0.0167. The number of hydrogen-bond donors (Lipinski definition) is 1. The van der Waals surface area contributed by atoms with Gasteiger partial charge in [-0.3, -0.25) is 4.79 Å². The lowest BCUT2D eigenvalue weighted by atomic mass is 10.2. The number of rotatable bonds is 7. The summed E-state index contributed by atoms with van der Waals surface area (Å²) in [6.45, 7) is 0.829. The molecule has 1 aliphatic carbocycles. The topological polar surface area (TPSA) is 50.8 Å². The average Bonchev–Trinajstić information content (AvgIpc) is 3.26. The lowest BCUT2D eigenvalue weighted by Crippen LogP contribution is -2.27. The normalized spacial score (nSPS) is 13.9. The molecule has 0 radical (unpaired) electrons. The molecule has 20 heavy (non-hydrogen) atoms. The Morgan fingerprint density at radius 2 is 2.10 bits per heavy atom. The summed E-state index contributed by atoms with van der Waals surface area (Å²) in [5.41, 5.74) is 1.13. The quantitative estimate of drug-likeness (QED) is 0.819. The molecule has 1 aliphatic rings. The first-order chi connectivity index (χ1) is 9.60. The minimum atomic E-state index is -0.0754. The van der Waals surface area contributed by atoms with E-state index >= 15 is 0 Å². The molecule has 1 aromatic rings. The predicted octanol–water partition coefficient (Wildman–Crippen LogP) is 1.41. The van der Waals surface area contributed by atoms with Crippen molar-refractivity contribution in [3.05, 3.63) is 23.8 Å². The number of nitrogens with one attached hydrogen (secondary N) is 1. The molecular weight excluding hydrogens is 256 g/mol. The second-order valence-electron chi connectivity index (χ2n) is 5.22. The van der Waals surface area contributed by atoms with Crippen LogP contribution in [0.2, 0.25) is 0 Å². The number of amides is 1. The number of ether oxygens (including phenoxy) is 2. The number of likely N-dealkylation sites (N-methyl/N-ethyl adjacent to an activating group) is 1. The summed E-state index contributed by atoms with van der Waals surface area (Å²) >= 11 is 0. The summed E-state index contributed by atoms with van der Waals surface area (Å²) in [7, 11) is 5.01. The van der Waals surface area contributed by atoms with E-state index in [1.807, 2.05) is 18.2 Å². The molecule has 5 heteroatoms. The molecule has 0 unspecified atom stereocenters. The van der Waals surface area contributed by atoms with Crippen molar-refractivity contribution in [2.75, 3.05) is 27.8 Å². The third-order valence-electron chi connectivity index (χ3n) is 3.25. The van der Waals surface area contributed by atoms with Crippen LogP contribution >= 0.6 is 0 Å². The van der Waals surface area contributed by atoms with E-state index < -0.39 is 0 Å². The summed E-state index contributed by atoms with van der Waals surface area (Å²) in [6.07, 6.45) is 2.52. The van der Waals surface area contributed by atoms with Gasteiger partial charge in [-0.2, -0.15) is 0 Å². The van der Waals surface area contributed by atoms with Gasteiger partial charge in [-0.05, 0) is 30.5 Å². The van der Waals surface area contributed by atoms with Crippen LogP contribution in [0.25, 0.3) is 0 Å². The summed E-state index contributed by atoms with van der Waals surface area (Å²) < 4.78 is 10.8. The molecule has 2 rings (SSSR count). The van der Waals surface area contributed by atoms with Crippen LogP contribution in [0.5, 0.6) is 11.5 Å². The summed E-state index contributed by atoms with van der Waals surface area (Å²) in [5, 5.41) is 3.45. The fourth-order valence-electron chi connectivity index (χ4n) is 1.76. The van der Waals surface area contributed by atoms with Crippen LogP contribution in [-0.2, 0) is 11.3 Å². The van der Waals surface area contributed by atoms with Crippen molar-refractivity contribution in [2.24, 2.45) is 0 Å². The van der Waals surface area contributed by atoms with Crippen molar-refractivity contribution in [2.45, 2.75) is 25.4 Å². The molecule has 110 valence electrons. The van der Waals surface area contributed by atoms with Crippen LogP contribution in [0.1, 0.15) is 18.4 Å². The smallest absolute Gasteiger partial charge is 0.259 e. The van der Waals surface area contributed by atoms with Crippen molar-refractivity contribution in [3.8, 4) is 11.5 Å². The van der Waals surface area contributed by atoms with E-state index in [2.05, 4.69) is 5.32 Å². The van der Waals surface area contributed by atoms with Crippen LogP contribution < -0.4 is 14.8 Å². The third-order valence-corrected chi connectivity index (χ3v) is 3.25. The molecule has 1 saturated carbocycles. The van der Waals surface area contributed by atoms with E-state index in [1.165, 1.54) is 17.7 Å². The Hall–Kier alpha value is -1.75. The maximum absolute atomic E-state index is 11.6. The molecule has 0 saturated heterocycles. The fourth-order valence-corrected chi connectivity index (χ4v) is 1.76. The molecule has 1 aromatic carbocycles. The van der Waals surface area contributed by atoms with Gasteiger partial charge in [0.2, 0.25) is 0 Å². The zero-order valence-corrected chi connectivity index (χ0v) is 12.3. The van der Waals surface area contributed by atoms with Gasteiger partial charge in [-0.1, -0.05) is 6.07 Å². The molecule has 1 amide bonds. The molecule has 1 fully saturated rings. The van der Waals surface area contributed by atoms with Crippen molar-refractivity contribution < 1.29 is 14.3 Å². The molecule has 5 nitrogen and oxygen atoms in total. The fraction of sp³-hybridized carbons (Fsp3) is 0.533. The van der Waals surface area contributed by atoms with Crippen molar-refractivity contribution in [1.29, 1.82) is 0 Å². The summed E-state index contributed by atoms with van der Waals surface area (Å²) in [6, 6.07) is 6.47. The Bertz CT molecular complexity index is 470. The lowest BCUT2D eigenvalue weighted by Gasteiger charge is -2.14. The molecule has 0 aliphatic heterocycles. The molecule has 0 spiro atoms. The Morgan fingerprint density at radius 3 is 2.70 bits per heavy atom. The minimum Gasteiger partial charge on any atom is -0.493 e. The zero-order chi connectivity index (χ0) is 14.5. The number of methoxy groups -OCH3 is 1. The number of hydrogen-bond acceptors (Lipinski definition) is 4. The second-order valence-corrected chi connectivity index (χ2v) is 5.22. The number of carbonyl (C=O) groups excluding carboxylic acids is 1. The number of carbonyl (C=O) groups is 1. The molecule has 0 atom stereocenters. The van der Waals surface area contributed by atoms with Crippen molar-refractivity contribution in [1.82, 2.24) is 10.2 Å². The lowest BCUT2D eigenvalue weighted by molar-refractivity contribution is -0.130. The van der Waals surface area contributed by atoms with Crippen LogP contribution in [0.3, 0.4) is 0 Å². The van der Waals surface area contributed by atoms with E-state index in [9.17, 15) is 4.79 Å². The van der Waals surface area contributed by atoms with Crippen LogP contribution in [0.15, 0.2) is 18.2 Å². The Balaban J connectivity index is 1.99. The molecule has 0 bridgehead atoms. The summed E-state index contributed by atoms with van der Waals surface area (Å²) in [5.74, 6) is 1.18. The van der Waals surface area contributed by atoms with Crippen LogP contribution in [0, 0.1) is 0 Å². The average molecular weight is 278 g/mol. The molecule has 1 N–H and O–H groups in total. The monoisotopic (exact) mass is 278 g/mol. The molecule has 0 aromatic heterocycles. The van der Waals surface area contributed by atoms with Gasteiger partial charge in [0.15, 0.2) is 18.1 Å². The second kappa shape index (κ2) is 6.61. The Labute approximate surface area is 119 Å². The van der Waals surface area contributed by atoms with Gasteiger partial charge in [-0.15, -0.1) is 0 Å². The predicted molar refractivity (Wildman–Crippen MR) is 77.0 cm³/mol. The highest BCUT2D eigenvalue weighted by Crippen LogP contribution is 2.28. The van der Waals surface area contributed by atoms with Gasteiger partial charge in [0.25, 0.3) is 5.91 Å². The van der Waals surface area contributed by atoms with Gasteiger partial charge in [0, 0.05) is 26.7 Å². The number of nitrogens with zero attached hydrogens (tertiary/aromatic N) is 1. The standard InChI is InChI=1S/C15H22N2O3/c1-17(2)15(18)10-20-14-8-11(4-7-13(14)19-3)9-16-12-5-6-12/h4,7-8,12,16H,5-6,9-10H2,1-3H3. The molecule has 0 heterocycles. The van der Waals surface area contributed by atoms with Gasteiger partial charge in [0.1, 0.15) is 0 Å². The maximum Gasteiger partial charge on any atom is 0.259 e. The third kappa shape index (κ3) is 4.13. The van der Waals surface area contributed by atoms with Crippen molar-refractivity contribution in [3.63, 3.8) is 0 Å². The highest BCUT2D eigenvalue weighted by Gasteiger charge is 2.20. The van der Waals surface area contributed by atoms with Crippen molar-refractivity contribution >= 4 is 5.91 Å². The van der Waals surface area contributed by atoms with E-state index in [-0.39, 0.29) is 12.5 Å². The SMILES string of the molecule is COc1ccc(CNC2CC2)cc1OCC(=O)N(C)C. The zero-order valence-electron chi connectivity index (χ0n) is 12.3. The van der Waals surface area contributed by atoms with E-state index in [0.717, 1.165) is 12.1 Å². The first kappa shape index (κ1) is 14.7. The van der Waals surface area contributed by atoms with E-state index in [0.29, 0.717) is 17.5 Å². The van der Waals surface area contributed by atoms with Gasteiger partial charge in [0.05, 0.1) is 7.11 Å². The van der Waals surface area contributed by atoms with Crippen LogP contribution in [-0.4, -0.2) is 44.7 Å². The highest BCUT2D eigenvalue weighted by atomic mass is 16.5. The molecular formula is C15H22N2O3. The number of benzene rings is 1.